The Balaban J connectivity index is 0.889. The Hall–Kier alpha value is -9.90. The van der Waals surface area contributed by atoms with E-state index in [1.54, 1.807) is 0 Å². The molecule has 15 rings (SSSR count). The Morgan fingerprint density at radius 3 is 1.53 bits per heavy atom. The Morgan fingerprint density at radius 1 is 0.307 bits per heavy atom. The normalized spacial score (nSPS) is 12.7. The quantitative estimate of drug-likeness (QED) is 0.160. The molecule has 75 heavy (non-hydrogen) atoms. The number of hydrogen-bond acceptors (Lipinski definition) is 3. The lowest BCUT2D eigenvalue weighted by Crippen LogP contribution is -2.32. The summed E-state index contributed by atoms with van der Waals surface area (Å²) < 4.78 is 9.16. The molecule has 1 aliphatic heterocycles. The summed E-state index contributed by atoms with van der Waals surface area (Å²) in [6.45, 7) is 0. The fourth-order valence-electron chi connectivity index (χ4n) is 12.1. The number of hydrogen-bond donors (Lipinski definition) is 0. The third kappa shape index (κ3) is 6.77. The third-order valence-electron chi connectivity index (χ3n) is 15.5. The van der Waals surface area contributed by atoms with E-state index in [2.05, 4.69) is 259 Å². The van der Waals surface area contributed by atoms with Gasteiger partial charge in [0, 0.05) is 44.3 Å². The molecule has 0 unspecified atom stereocenters. The van der Waals surface area contributed by atoms with Crippen LogP contribution in [0.4, 0.5) is 0 Å². The van der Waals surface area contributed by atoms with E-state index in [1.807, 2.05) is 18.2 Å². The van der Waals surface area contributed by atoms with Crippen LogP contribution in [0.2, 0.25) is 0 Å². The fourth-order valence-corrected chi connectivity index (χ4v) is 12.1. The first-order valence-corrected chi connectivity index (χ1v) is 25.6. The highest BCUT2D eigenvalue weighted by Crippen LogP contribution is 2.64. The molecule has 0 saturated heterocycles. The lowest BCUT2D eigenvalue weighted by molar-refractivity contribution is 0.436. The van der Waals surface area contributed by atoms with Gasteiger partial charge >= 0.3 is 0 Å². The average Bonchev–Trinajstić information content (AvgIpc) is 4.17. The number of fused-ring (bicyclic) bond motifs is 12. The van der Waals surface area contributed by atoms with E-state index in [1.165, 1.54) is 60.8 Å². The second kappa shape index (κ2) is 17.1. The highest BCUT2D eigenvalue weighted by atomic mass is 16.5. The molecule has 0 radical (unpaired) electrons. The van der Waals surface area contributed by atoms with Crippen molar-refractivity contribution in [3.8, 4) is 95.6 Å². The van der Waals surface area contributed by atoms with Gasteiger partial charge in [-0.05, 0) is 122 Å². The molecule has 4 heteroatoms. The number of benzene rings is 11. The number of nitrogens with zero attached hydrogens (tertiary/aromatic N) is 3. The van der Waals surface area contributed by atoms with Gasteiger partial charge < -0.3 is 9.30 Å². The Morgan fingerprint density at radius 2 is 0.827 bits per heavy atom. The minimum atomic E-state index is -0.676. The van der Waals surface area contributed by atoms with Crippen LogP contribution in [-0.4, -0.2) is 14.5 Å². The molecule has 1 spiro atoms. The second-order valence-electron chi connectivity index (χ2n) is 19.6. The predicted molar refractivity (Wildman–Crippen MR) is 306 cm³/mol. The first-order chi connectivity index (χ1) is 37.2. The lowest BCUT2D eigenvalue weighted by atomic mass is 9.65. The summed E-state index contributed by atoms with van der Waals surface area (Å²) >= 11 is 0. The molecule has 0 bridgehead atoms. The summed E-state index contributed by atoms with van der Waals surface area (Å²) in [6.07, 6.45) is 0. The average molecular weight is 956 g/mol. The number of ether oxygens (including phenoxy) is 1. The van der Waals surface area contributed by atoms with E-state index in [0.29, 0.717) is 5.82 Å². The monoisotopic (exact) mass is 955 g/mol. The zero-order valence-corrected chi connectivity index (χ0v) is 40.7. The topological polar surface area (TPSA) is 39.9 Å². The standard InChI is InChI=1S/C71H45N3O/c1-5-19-46(20-6-1)53-42-57(48-21-7-2-8-22-48)69-56-39-37-51(43-61(56)71(62(69)44-53)59-28-14-17-31-67(59)75-68-32-18-15-29-60(68)71)47-33-35-49(36-34-47)63-45-64(73-70(72-63)50-23-9-3-10-24-50)52-38-40-66-58(41-52)55-27-13-16-30-65(55)74(66)54-25-11-4-12-26-54/h1-45H. The van der Waals surface area contributed by atoms with E-state index in [4.69, 9.17) is 14.7 Å². The smallest absolute Gasteiger partial charge is 0.160 e. The molecule has 350 valence electrons. The summed E-state index contributed by atoms with van der Waals surface area (Å²) in [5, 5.41) is 2.38. The van der Waals surface area contributed by atoms with Crippen LogP contribution < -0.4 is 4.74 Å². The van der Waals surface area contributed by atoms with Crippen molar-refractivity contribution in [3.05, 3.63) is 295 Å². The van der Waals surface area contributed by atoms with Gasteiger partial charge in [0.2, 0.25) is 0 Å². The molecule has 0 atom stereocenters. The Labute approximate surface area is 435 Å². The zero-order chi connectivity index (χ0) is 49.5. The number of aromatic nitrogens is 3. The van der Waals surface area contributed by atoms with Crippen molar-refractivity contribution < 1.29 is 4.74 Å². The van der Waals surface area contributed by atoms with E-state index < -0.39 is 5.41 Å². The fraction of sp³-hybridized carbons (Fsp3) is 0.0141. The summed E-state index contributed by atoms with van der Waals surface area (Å²) in [6, 6.07) is 98.2. The van der Waals surface area contributed by atoms with Crippen molar-refractivity contribution in [3.63, 3.8) is 0 Å². The molecule has 1 aliphatic carbocycles. The van der Waals surface area contributed by atoms with Gasteiger partial charge in [-0.2, -0.15) is 0 Å². The van der Waals surface area contributed by atoms with Crippen molar-refractivity contribution in [2.75, 3.05) is 0 Å². The predicted octanol–water partition coefficient (Wildman–Crippen LogP) is 18.0. The minimum Gasteiger partial charge on any atom is -0.457 e. The van der Waals surface area contributed by atoms with E-state index >= 15 is 0 Å². The van der Waals surface area contributed by atoms with Crippen molar-refractivity contribution in [1.82, 2.24) is 14.5 Å². The highest BCUT2D eigenvalue weighted by Gasteiger charge is 2.52. The first-order valence-electron chi connectivity index (χ1n) is 25.6. The highest BCUT2D eigenvalue weighted by molar-refractivity contribution is 6.10. The van der Waals surface area contributed by atoms with Crippen LogP contribution in [0, 0.1) is 0 Å². The molecular formula is C71H45N3O. The van der Waals surface area contributed by atoms with Crippen LogP contribution in [0.3, 0.4) is 0 Å². The summed E-state index contributed by atoms with van der Waals surface area (Å²) in [5.41, 5.74) is 21.8. The first kappa shape index (κ1) is 42.8. The molecule has 3 heterocycles. The van der Waals surface area contributed by atoms with Crippen molar-refractivity contribution in [2.45, 2.75) is 5.41 Å². The molecule has 0 amide bonds. The Bertz CT molecular complexity index is 4310. The van der Waals surface area contributed by atoms with Gasteiger partial charge in [-0.3, -0.25) is 0 Å². The van der Waals surface area contributed by atoms with Gasteiger partial charge in [-0.15, -0.1) is 0 Å². The van der Waals surface area contributed by atoms with Gasteiger partial charge in [-0.1, -0.05) is 206 Å². The molecule has 4 nitrogen and oxygen atoms in total. The maximum Gasteiger partial charge on any atom is 0.160 e. The zero-order valence-electron chi connectivity index (χ0n) is 40.7. The molecule has 2 aliphatic rings. The molecule has 0 N–H and O–H groups in total. The molecule has 0 fully saturated rings. The van der Waals surface area contributed by atoms with Crippen LogP contribution in [0.5, 0.6) is 11.5 Å². The molecule has 0 saturated carbocycles. The third-order valence-corrected chi connectivity index (χ3v) is 15.5. The van der Waals surface area contributed by atoms with Crippen LogP contribution in [-0.2, 0) is 5.41 Å². The second-order valence-corrected chi connectivity index (χ2v) is 19.6. The van der Waals surface area contributed by atoms with Crippen molar-refractivity contribution in [1.29, 1.82) is 0 Å². The Kier molecular flexibility index (Phi) is 9.76. The van der Waals surface area contributed by atoms with E-state index in [0.717, 1.165) is 73.0 Å². The SMILES string of the molecule is c1ccc(-c2cc(-c3ccccc3)c3c(c2)C2(c4ccccc4Oc4ccccc42)c2cc(-c4ccc(-c5cc(-c6ccc7c(c6)c6ccccc6n7-c6ccccc6)nc(-c6ccccc6)n5)cc4)ccc2-3)cc1. The van der Waals surface area contributed by atoms with E-state index in [-0.39, 0.29) is 0 Å². The minimum absolute atomic E-state index is 0.676. The van der Waals surface area contributed by atoms with Gasteiger partial charge in [-0.25, -0.2) is 9.97 Å². The van der Waals surface area contributed by atoms with E-state index in [9.17, 15) is 0 Å². The van der Waals surface area contributed by atoms with Gasteiger partial charge in [0.25, 0.3) is 0 Å². The summed E-state index contributed by atoms with van der Waals surface area (Å²) in [5.74, 6) is 2.42. The number of para-hydroxylation sites is 4. The largest absolute Gasteiger partial charge is 0.457 e. The van der Waals surface area contributed by atoms with Crippen LogP contribution in [0.1, 0.15) is 22.3 Å². The summed E-state index contributed by atoms with van der Waals surface area (Å²) in [7, 11) is 0. The van der Waals surface area contributed by atoms with Crippen molar-refractivity contribution >= 4 is 21.8 Å². The number of rotatable bonds is 7. The van der Waals surface area contributed by atoms with Crippen LogP contribution in [0.25, 0.3) is 106 Å². The van der Waals surface area contributed by atoms with Gasteiger partial charge in [0.05, 0.1) is 27.8 Å². The maximum atomic E-state index is 6.81. The summed E-state index contributed by atoms with van der Waals surface area (Å²) in [4.78, 5) is 10.5. The molecule has 13 aromatic rings. The molecular weight excluding hydrogens is 911 g/mol. The van der Waals surface area contributed by atoms with Crippen molar-refractivity contribution in [2.24, 2.45) is 0 Å². The van der Waals surface area contributed by atoms with Gasteiger partial charge in [0.15, 0.2) is 5.82 Å². The molecule has 11 aromatic carbocycles. The lowest BCUT2D eigenvalue weighted by Gasteiger charge is -2.39. The maximum absolute atomic E-state index is 6.81. The van der Waals surface area contributed by atoms with Gasteiger partial charge in [0.1, 0.15) is 11.5 Å². The molecule has 2 aromatic heterocycles. The van der Waals surface area contributed by atoms with Crippen LogP contribution in [0.15, 0.2) is 273 Å². The van der Waals surface area contributed by atoms with Crippen LogP contribution >= 0.6 is 0 Å².